The van der Waals surface area contributed by atoms with Gasteiger partial charge >= 0.3 is 5.97 Å². The Hall–Kier alpha value is -1.81. The second-order valence-electron chi connectivity index (χ2n) is 5.41. The van der Waals surface area contributed by atoms with Crippen LogP contribution in [0.5, 0.6) is 0 Å². The van der Waals surface area contributed by atoms with Crippen LogP contribution in [0.2, 0.25) is 5.02 Å². The Labute approximate surface area is 135 Å². The van der Waals surface area contributed by atoms with Crippen molar-refractivity contribution in [3.8, 4) is 0 Å². The fourth-order valence-corrected chi connectivity index (χ4v) is 2.55. The molecule has 5 heteroatoms. The molecule has 0 fully saturated rings. The third-order valence-corrected chi connectivity index (χ3v) is 4.00. The molecule has 0 saturated heterocycles. The van der Waals surface area contributed by atoms with E-state index < -0.39 is 6.10 Å². The summed E-state index contributed by atoms with van der Waals surface area (Å²) in [4.78, 5) is 23.7. The molecule has 1 N–H and O–H groups in total. The number of carbonyl (C=O) groups is 2. The number of benzene rings is 1. The minimum absolute atomic E-state index is 0.242. The van der Waals surface area contributed by atoms with Crippen molar-refractivity contribution in [2.45, 2.75) is 38.8 Å². The van der Waals surface area contributed by atoms with E-state index in [2.05, 4.69) is 11.4 Å². The van der Waals surface area contributed by atoms with Crippen molar-refractivity contribution in [2.75, 3.05) is 0 Å². The predicted octanol–water partition coefficient (Wildman–Crippen LogP) is 3.24. The normalized spacial score (nSPS) is 18.0. The van der Waals surface area contributed by atoms with E-state index in [4.69, 9.17) is 16.3 Å². The second-order valence-corrected chi connectivity index (χ2v) is 5.82. The maximum absolute atomic E-state index is 12.0. The van der Waals surface area contributed by atoms with Crippen LogP contribution in [0.3, 0.4) is 0 Å². The molecule has 1 aliphatic rings. The molecule has 4 nitrogen and oxygen atoms in total. The van der Waals surface area contributed by atoms with Crippen LogP contribution in [0.1, 0.15) is 31.7 Å². The van der Waals surface area contributed by atoms with Gasteiger partial charge in [-0.1, -0.05) is 42.0 Å². The zero-order chi connectivity index (χ0) is 15.9. The standard InChI is InChI=1S/C17H20ClNO3/c1-12(22-16(20)10-13-6-2-3-7-13)17(21)19-11-14-8-4-5-9-15(14)18/h2,4-6,8-9,12-13H,3,7,10-11H2,1H3,(H,19,21)/t12-,13-/m1/s1. The lowest BCUT2D eigenvalue weighted by Crippen LogP contribution is -2.35. The van der Waals surface area contributed by atoms with Gasteiger partial charge in [0.2, 0.25) is 0 Å². The lowest BCUT2D eigenvalue weighted by atomic mass is 10.1. The summed E-state index contributed by atoms with van der Waals surface area (Å²) >= 11 is 6.02. The topological polar surface area (TPSA) is 55.4 Å². The van der Waals surface area contributed by atoms with E-state index in [1.54, 1.807) is 13.0 Å². The van der Waals surface area contributed by atoms with Crippen LogP contribution in [0.4, 0.5) is 0 Å². The zero-order valence-corrected chi connectivity index (χ0v) is 13.3. The number of esters is 1. The minimum atomic E-state index is -0.805. The molecule has 0 bridgehead atoms. The number of nitrogens with one attached hydrogen (secondary N) is 1. The molecule has 0 aromatic heterocycles. The number of halogens is 1. The largest absolute Gasteiger partial charge is 0.453 e. The molecular formula is C17H20ClNO3. The molecule has 1 aromatic carbocycles. The Kier molecular flexibility index (Phi) is 6.01. The number of ether oxygens (including phenoxy) is 1. The van der Waals surface area contributed by atoms with Crippen molar-refractivity contribution in [3.63, 3.8) is 0 Å². The molecule has 1 aliphatic carbocycles. The summed E-state index contributed by atoms with van der Waals surface area (Å²) in [7, 11) is 0. The summed E-state index contributed by atoms with van der Waals surface area (Å²) in [6.45, 7) is 1.89. The molecule has 0 heterocycles. The van der Waals surface area contributed by atoms with Crippen molar-refractivity contribution in [2.24, 2.45) is 5.92 Å². The predicted molar refractivity (Wildman–Crippen MR) is 85.3 cm³/mol. The Bertz CT molecular complexity index is 571. The van der Waals surface area contributed by atoms with Gasteiger partial charge in [-0.25, -0.2) is 0 Å². The number of amides is 1. The fraction of sp³-hybridized carbons (Fsp3) is 0.412. The van der Waals surface area contributed by atoms with Gasteiger partial charge in [-0.3, -0.25) is 9.59 Å². The molecule has 1 aromatic rings. The van der Waals surface area contributed by atoms with Gasteiger partial charge in [-0.05, 0) is 37.3 Å². The highest BCUT2D eigenvalue weighted by molar-refractivity contribution is 6.31. The van der Waals surface area contributed by atoms with Crippen molar-refractivity contribution < 1.29 is 14.3 Å². The van der Waals surface area contributed by atoms with Gasteiger partial charge in [-0.2, -0.15) is 0 Å². The van der Waals surface area contributed by atoms with Crippen LogP contribution in [-0.2, 0) is 20.9 Å². The molecular weight excluding hydrogens is 302 g/mol. The molecule has 0 unspecified atom stereocenters. The van der Waals surface area contributed by atoms with Gasteiger partial charge in [-0.15, -0.1) is 0 Å². The first kappa shape index (κ1) is 16.6. The molecule has 0 spiro atoms. The number of allylic oxidation sites excluding steroid dienone is 2. The van der Waals surface area contributed by atoms with E-state index in [-0.39, 0.29) is 17.8 Å². The summed E-state index contributed by atoms with van der Waals surface area (Å²) in [5, 5.41) is 3.32. The SMILES string of the molecule is C[C@@H](OC(=O)C[C@@H]1C=CCC1)C(=O)NCc1ccccc1Cl. The molecule has 0 saturated carbocycles. The lowest BCUT2D eigenvalue weighted by molar-refractivity contribution is -0.155. The van der Waals surface area contributed by atoms with Crippen LogP contribution >= 0.6 is 11.6 Å². The van der Waals surface area contributed by atoms with Gasteiger partial charge < -0.3 is 10.1 Å². The molecule has 0 radical (unpaired) electrons. The van der Waals surface area contributed by atoms with Gasteiger partial charge in [0.05, 0.1) is 6.42 Å². The molecule has 1 amide bonds. The first-order valence-electron chi connectivity index (χ1n) is 7.43. The number of carbonyl (C=O) groups excluding carboxylic acids is 2. The van der Waals surface area contributed by atoms with Crippen LogP contribution < -0.4 is 5.32 Å². The average molecular weight is 322 g/mol. The minimum Gasteiger partial charge on any atom is -0.453 e. The quantitative estimate of drug-likeness (QED) is 0.646. The van der Waals surface area contributed by atoms with E-state index in [1.807, 2.05) is 24.3 Å². The van der Waals surface area contributed by atoms with Crippen LogP contribution in [0.15, 0.2) is 36.4 Å². The van der Waals surface area contributed by atoms with Crippen molar-refractivity contribution in [1.29, 1.82) is 0 Å². The summed E-state index contributed by atoms with van der Waals surface area (Å²) in [6.07, 6.45) is 5.61. The van der Waals surface area contributed by atoms with Gasteiger partial charge in [0, 0.05) is 11.6 Å². The number of hydrogen-bond donors (Lipinski definition) is 1. The van der Waals surface area contributed by atoms with Crippen molar-refractivity contribution in [3.05, 3.63) is 47.0 Å². The first-order valence-corrected chi connectivity index (χ1v) is 7.81. The molecule has 2 atom stereocenters. The monoisotopic (exact) mass is 321 g/mol. The summed E-state index contributed by atoms with van der Waals surface area (Å²) in [5.74, 6) is -0.418. The fourth-order valence-electron chi connectivity index (χ4n) is 2.35. The smallest absolute Gasteiger partial charge is 0.307 e. The first-order chi connectivity index (χ1) is 10.6. The molecule has 118 valence electrons. The third kappa shape index (κ3) is 4.88. The second kappa shape index (κ2) is 7.99. The maximum atomic E-state index is 12.0. The highest BCUT2D eigenvalue weighted by atomic mass is 35.5. The molecule has 2 rings (SSSR count). The summed E-state index contributed by atoms with van der Waals surface area (Å²) < 4.78 is 5.17. The Morgan fingerprint density at radius 1 is 1.41 bits per heavy atom. The third-order valence-electron chi connectivity index (χ3n) is 3.63. The van der Waals surface area contributed by atoms with Gasteiger partial charge in [0.1, 0.15) is 0 Å². The van der Waals surface area contributed by atoms with Crippen molar-refractivity contribution >= 4 is 23.5 Å². The van der Waals surface area contributed by atoms with Gasteiger partial charge in [0.25, 0.3) is 5.91 Å². The van der Waals surface area contributed by atoms with Crippen molar-refractivity contribution in [1.82, 2.24) is 5.32 Å². The summed E-state index contributed by atoms with van der Waals surface area (Å²) in [6, 6.07) is 7.29. The van der Waals surface area contributed by atoms with Crippen LogP contribution in [-0.4, -0.2) is 18.0 Å². The lowest BCUT2D eigenvalue weighted by Gasteiger charge is -2.15. The Balaban J connectivity index is 1.75. The van der Waals surface area contributed by atoms with Crippen LogP contribution in [0, 0.1) is 5.92 Å². The Morgan fingerprint density at radius 3 is 2.86 bits per heavy atom. The maximum Gasteiger partial charge on any atom is 0.307 e. The van der Waals surface area contributed by atoms with E-state index in [0.29, 0.717) is 18.0 Å². The van der Waals surface area contributed by atoms with Gasteiger partial charge in [0.15, 0.2) is 6.10 Å². The highest BCUT2D eigenvalue weighted by Crippen LogP contribution is 2.21. The van der Waals surface area contributed by atoms with E-state index in [9.17, 15) is 9.59 Å². The average Bonchev–Trinajstić information content (AvgIpc) is 2.98. The zero-order valence-electron chi connectivity index (χ0n) is 12.5. The molecule has 0 aliphatic heterocycles. The Morgan fingerprint density at radius 2 is 2.18 bits per heavy atom. The van der Waals surface area contributed by atoms with Crippen LogP contribution in [0.25, 0.3) is 0 Å². The van der Waals surface area contributed by atoms with E-state index in [0.717, 1.165) is 18.4 Å². The summed E-state index contributed by atoms with van der Waals surface area (Å²) in [5.41, 5.74) is 0.826. The number of hydrogen-bond acceptors (Lipinski definition) is 3. The molecule has 22 heavy (non-hydrogen) atoms. The highest BCUT2D eigenvalue weighted by Gasteiger charge is 2.20. The van der Waals surface area contributed by atoms with E-state index >= 15 is 0 Å². The number of rotatable bonds is 6. The van der Waals surface area contributed by atoms with E-state index in [1.165, 1.54) is 0 Å².